The molecule has 1 amide bonds. The molecule has 0 saturated carbocycles. The van der Waals surface area contributed by atoms with Crippen LogP contribution < -0.4 is 0 Å². The van der Waals surface area contributed by atoms with Crippen molar-refractivity contribution in [1.82, 2.24) is 14.7 Å². The second-order valence-electron chi connectivity index (χ2n) is 5.25. The molecule has 0 aliphatic rings. The van der Waals surface area contributed by atoms with E-state index in [1.165, 1.54) is 0 Å². The molecule has 0 spiro atoms. The van der Waals surface area contributed by atoms with E-state index < -0.39 is 0 Å². The van der Waals surface area contributed by atoms with Gasteiger partial charge in [0.2, 0.25) is 0 Å². The summed E-state index contributed by atoms with van der Waals surface area (Å²) in [6.45, 7) is 2.59. The van der Waals surface area contributed by atoms with Gasteiger partial charge in [-0.3, -0.25) is 4.79 Å². The highest BCUT2D eigenvalue weighted by molar-refractivity contribution is 5.94. The summed E-state index contributed by atoms with van der Waals surface area (Å²) in [6.07, 6.45) is 1.57. The first-order valence-corrected chi connectivity index (χ1v) is 7.84. The predicted octanol–water partition coefficient (Wildman–Crippen LogP) is 2.59. The number of nitrogens with zero attached hydrogens (tertiary/aromatic N) is 3. The standard InChI is InChI=1S/C18H19N3O3/c1-2-20(10-11-22)18(23)16-13-15(17-9-6-12-24-17)19-21(16)14-7-4-3-5-8-14/h3-9,12-13,22H,2,10-11H2,1H3. The highest BCUT2D eigenvalue weighted by atomic mass is 16.3. The highest BCUT2D eigenvalue weighted by Crippen LogP contribution is 2.23. The zero-order chi connectivity index (χ0) is 16.9. The number of benzene rings is 1. The molecule has 6 heteroatoms. The van der Waals surface area contributed by atoms with Gasteiger partial charge in [-0.05, 0) is 31.2 Å². The minimum atomic E-state index is -0.180. The molecule has 0 bridgehead atoms. The Hall–Kier alpha value is -2.86. The number of amides is 1. The van der Waals surface area contributed by atoms with E-state index in [1.807, 2.05) is 37.3 Å². The topological polar surface area (TPSA) is 71.5 Å². The number of likely N-dealkylation sites (N-methyl/N-ethyl adjacent to an activating group) is 1. The zero-order valence-corrected chi connectivity index (χ0v) is 13.4. The van der Waals surface area contributed by atoms with Crippen LogP contribution in [0.3, 0.4) is 0 Å². The molecule has 2 heterocycles. The number of carbonyl (C=O) groups is 1. The molecule has 6 nitrogen and oxygen atoms in total. The van der Waals surface area contributed by atoms with Crippen molar-refractivity contribution in [1.29, 1.82) is 0 Å². The van der Waals surface area contributed by atoms with Crippen molar-refractivity contribution in [3.8, 4) is 17.1 Å². The van der Waals surface area contributed by atoms with Crippen LogP contribution >= 0.6 is 0 Å². The van der Waals surface area contributed by atoms with Crippen LogP contribution in [0.1, 0.15) is 17.4 Å². The Balaban J connectivity index is 2.08. The second-order valence-corrected chi connectivity index (χ2v) is 5.25. The Morgan fingerprint density at radius 2 is 2.04 bits per heavy atom. The number of para-hydroxylation sites is 1. The van der Waals surface area contributed by atoms with Crippen LogP contribution in [0.25, 0.3) is 17.1 Å². The van der Waals surface area contributed by atoms with Crippen LogP contribution in [-0.2, 0) is 0 Å². The number of aliphatic hydroxyl groups excluding tert-OH is 1. The number of rotatable bonds is 6. The Kier molecular flexibility index (Phi) is 4.77. The second kappa shape index (κ2) is 7.14. The molecule has 0 atom stereocenters. The van der Waals surface area contributed by atoms with Gasteiger partial charge < -0.3 is 14.4 Å². The van der Waals surface area contributed by atoms with Crippen molar-refractivity contribution in [2.45, 2.75) is 6.92 Å². The summed E-state index contributed by atoms with van der Waals surface area (Å²) in [7, 11) is 0. The van der Waals surface area contributed by atoms with Crippen LogP contribution in [0.4, 0.5) is 0 Å². The molecule has 0 fully saturated rings. The summed E-state index contributed by atoms with van der Waals surface area (Å²) >= 11 is 0. The number of carbonyl (C=O) groups excluding carboxylic acids is 1. The molecular weight excluding hydrogens is 306 g/mol. The average Bonchev–Trinajstić information content (AvgIpc) is 3.29. The normalized spacial score (nSPS) is 10.8. The van der Waals surface area contributed by atoms with E-state index in [4.69, 9.17) is 4.42 Å². The van der Waals surface area contributed by atoms with E-state index >= 15 is 0 Å². The molecule has 2 aromatic heterocycles. The van der Waals surface area contributed by atoms with Gasteiger partial charge in [0.1, 0.15) is 11.4 Å². The van der Waals surface area contributed by atoms with Crippen LogP contribution in [0.2, 0.25) is 0 Å². The fraction of sp³-hybridized carbons (Fsp3) is 0.222. The van der Waals surface area contributed by atoms with E-state index in [0.29, 0.717) is 23.7 Å². The lowest BCUT2D eigenvalue weighted by Gasteiger charge is -2.20. The molecule has 3 rings (SSSR count). The quantitative estimate of drug-likeness (QED) is 0.756. The molecule has 0 aliphatic carbocycles. The predicted molar refractivity (Wildman–Crippen MR) is 89.9 cm³/mol. The Labute approximate surface area is 139 Å². The van der Waals surface area contributed by atoms with Crippen molar-refractivity contribution in [3.63, 3.8) is 0 Å². The Morgan fingerprint density at radius 1 is 1.25 bits per heavy atom. The average molecular weight is 325 g/mol. The van der Waals surface area contributed by atoms with Gasteiger partial charge in [0.15, 0.2) is 5.76 Å². The Bertz CT molecular complexity index is 794. The molecule has 3 aromatic rings. The molecular formula is C18H19N3O3. The van der Waals surface area contributed by atoms with Crippen molar-refractivity contribution in [3.05, 3.63) is 60.5 Å². The van der Waals surface area contributed by atoms with Crippen molar-refractivity contribution in [2.24, 2.45) is 0 Å². The smallest absolute Gasteiger partial charge is 0.272 e. The van der Waals surface area contributed by atoms with Gasteiger partial charge in [-0.2, -0.15) is 5.10 Å². The zero-order valence-electron chi connectivity index (χ0n) is 13.4. The number of aromatic nitrogens is 2. The summed E-state index contributed by atoms with van der Waals surface area (Å²) < 4.78 is 7.01. The molecule has 1 aromatic carbocycles. The molecule has 0 aliphatic heterocycles. The van der Waals surface area contributed by atoms with E-state index in [1.54, 1.807) is 34.0 Å². The third-order valence-electron chi connectivity index (χ3n) is 3.74. The largest absolute Gasteiger partial charge is 0.463 e. The molecule has 0 saturated heterocycles. The first-order valence-electron chi connectivity index (χ1n) is 7.84. The van der Waals surface area contributed by atoms with Gasteiger partial charge in [-0.1, -0.05) is 18.2 Å². The van der Waals surface area contributed by atoms with Crippen LogP contribution in [0.5, 0.6) is 0 Å². The molecule has 0 radical (unpaired) electrons. The lowest BCUT2D eigenvalue weighted by molar-refractivity contribution is 0.0723. The fourth-order valence-corrected chi connectivity index (χ4v) is 2.53. The van der Waals surface area contributed by atoms with E-state index in [0.717, 1.165) is 5.69 Å². The summed E-state index contributed by atoms with van der Waals surface area (Å²) in [4.78, 5) is 14.5. The summed E-state index contributed by atoms with van der Waals surface area (Å²) in [5, 5.41) is 13.7. The molecule has 0 unspecified atom stereocenters. The fourth-order valence-electron chi connectivity index (χ4n) is 2.53. The van der Waals surface area contributed by atoms with Crippen LogP contribution in [0.15, 0.2) is 59.2 Å². The SMILES string of the molecule is CCN(CCO)C(=O)c1cc(-c2ccco2)nn1-c1ccccc1. The van der Waals surface area contributed by atoms with E-state index in [2.05, 4.69) is 5.10 Å². The maximum Gasteiger partial charge on any atom is 0.272 e. The number of hydrogen-bond acceptors (Lipinski definition) is 4. The van der Waals surface area contributed by atoms with Gasteiger partial charge in [-0.15, -0.1) is 0 Å². The summed E-state index contributed by atoms with van der Waals surface area (Å²) in [5.41, 5.74) is 1.81. The third-order valence-corrected chi connectivity index (χ3v) is 3.74. The van der Waals surface area contributed by atoms with Gasteiger partial charge in [0.25, 0.3) is 5.91 Å². The van der Waals surface area contributed by atoms with Crippen LogP contribution in [-0.4, -0.2) is 45.4 Å². The first-order chi connectivity index (χ1) is 11.7. The molecule has 24 heavy (non-hydrogen) atoms. The first kappa shape index (κ1) is 16.0. The van der Waals surface area contributed by atoms with Crippen molar-refractivity contribution >= 4 is 5.91 Å². The molecule has 1 N–H and O–H groups in total. The van der Waals surface area contributed by atoms with Crippen LogP contribution in [0, 0.1) is 0 Å². The van der Waals surface area contributed by atoms with Gasteiger partial charge >= 0.3 is 0 Å². The minimum Gasteiger partial charge on any atom is -0.463 e. The Morgan fingerprint density at radius 3 is 2.67 bits per heavy atom. The monoisotopic (exact) mass is 325 g/mol. The summed E-state index contributed by atoms with van der Waals surface area (Å²) in [5.74, 6) is 0.421. The lowest BCUT2D eigenvalue weighted by Crippen LogP contribution is -2.34. The summed E-state index contributed by atoms with van der Waals surface area (Å²) in [6, 6.07) is 14.8. The van der Waals surface area contributed by atoms with Gasteiger partial charge in [0, 0.05) is 19.2 Å². The minimum absolute atomic E-state index is 0.0793. The molecule has 124 valence electrons. The number of furan rings is 1. The van der Waals surface area contributed by atoms with E-state index in [-0.39, 0.29) is 19.1 Å². The lowest BCUT2D eigenvalue weighted by atomic mass is 10.2. The highest BCUT2D eigenvalue weighted by Gasteiger charge is 2.22. The van der Waals surface area contributed by atoms with Gasteiger partial charge in [-0.25, -0.2) is 4.68 Å². The number of hydrogen-bond donors (Lipinski definition) is 1. The van der Waals surface area contributed by atoms with Crippen molar-refractivity contribution < 1.29 is 14.3 Å². The maximum absolute atomic E-state index is 12.9. The van der Waals surface area contributed by atoms with E-state index in [9.17, 15) is 9.90 Å². The van der Waals surface area contributed by atoms with Gasteiger partial charge in [0.05, 0.1) is 18.6 Å². The third kappa shape index (κ3) is 3.09. The van der Waals surface area contributed by atoms with Crippen molar-refractivity contribution in [2.75, 3.05) is 19.7 Å². The maximum atomic E-state index is 12.9. The number of aliphatic hydroxyl groups is 1.